The molecule has 2 aromatic carbocycles. The third-order valence-corrected chi connectivity index (χ3v) is 12.9. The van der Waals surface area contributed by atoms with E-state index in [-0.39, 0.29) is 49.9 Å². The number of carbonyl (C=O) groups excluding carboxylic acids is 8. The molecule has 3 rings (SSSR count). The Morgan fingerprint density at radius 2 is 0.971 bits per heavy atom. The van der Waals surface area contributed by atoms with E-state index < -0.39 is 96.6 Å². The van der Waals surface area contributed by atoms with Crippen LogP contribution in [0.2, 0.25) is 0 Å². The topological polar surface area (TPSA) is 186 Å². The van der Waals surface area contributed by atoms with Gasteiger partial charge in [0.2, 0.25) is 0 Å². The molecule has 0 N–H and O–H groups in total. The van der Waals surface area contributed by atoms with Gasteiger partial charge in [-0.1, -0.05) is 77.5 Å². The van der Waals surface area contributed by atoms with Crippen molar-refractivity contribution in [1.82, 2.24) is 19.6 Å². The molecule has 0 radical (unpaired) electrons. The van der Waals surface area contributed by atoms with Crippen LogP contribution in [0.1, 0.15) is 92.7 Å². The first-order valence-electron chi connectivity index (χ1n) is 23.2. The van der Waals surface area contributed by atoms with Gasteiger partial charge in [0, 0.05) is 48.2 Å². The van der Waals surface area contributed by atoms with E-state index in [0.29, 0.717) is 16.7 Å². The number of ether oxygens (including phenoxy) is 4. The van der Waals surface area contributed by atoms with E-state index in [0.717, 1.165) is 26.7 Å². The van der Waals surface area contributed by atoms with E-state index >= 15 is 0 Å². The monoisotopic (exact) mass is 1180 g/mol. The van der Waals surface area contributed by atoms with Crippen molar-refractivity contribution in [3.63, 3.8) is 0 Å². The molecule has 0 aromatic heterocycles. The van der Waals surface area contributed by atoms with Crippen LogP contribution in [0.25, 0.3) is 0 Å². The lowest BCUT2D eigenvalue weighted by Crippen LogP contribution is -2.54. The SMILES string of the molecule is CC(C)=C[C@H]1C(=O)O[C@H](Cc2cccc(I)c2)C(=O)N(C)[C@@H](CC(C)C)C(=O)O[C@H](C)C(=O)N(C)[C@@H](CC(C)C)C(=O)O[C@H](Cc2cccc(I)c2)C(=O)N(C)[C@@H](CC(C)C)C(=O)OCC(=O)N1C. The third-order valence-electron chi connectivity index (χ3n) is 11.6. The zero-order valence-corrected chi connectivity index (χ0v) is 46.5. The van der Waals surface area contributed by atoms with Crippen LogP contribution in [0, 0.1) is 24.9 Å². The smallest absolute Gasteiger partial charge is 0.333 e. The average Bonchev–Trinajstić information content (AvgIpc) is 3.27. The minimum absolute atomic E-state index is 0.0879. The molecule has 16 nitrogen and oxygen atoms in total. The number of amides is 4. The fourth-order valence-electron chi connectivity index (χ4n) is 7.77. The van der Waals surface area contributed by atoms with Crippen LogP contribution in [0.5, 0.6) is 0 Å². The summed E-state index contributed by atoms with van der Waals surface area (Å²) in [5.41, 5.74) is 1.92. The second-order valence-electron chi connectivity index (χ2n) is 19.2. The molecule has 1 heterocycles. The van der Waals surface area contributed by atoms with Gasteiger partial charge in [0.15, 0.2) is 24.9 Å². The van der Waals surface area contributed by atoms with E-state index in [2.05, 4.69) is 45.2 Å². The van der Waals surface area contributed by atoms with Crippen LogP contribution in [0.3, 0.4) is 0 Å². The van der Waals surface area contributed by atoms with Gasteiger partial charge in [0.25, 0.3) is 23.6 Å². The summed E-state index contributed by atoms with van der Waals surface area (Å²) >= 11 is 4.25. The first kappa shape index (κ1) is 58.7. The van der Waals surface area contributed by atoms with Gasteiger partial charge >= 0.3 is 23.9 Å². The third kappa shape index (κ3) is 17.6. The van der Waals surface area contributed by atoms with Gasteiger partial charge in [0.05, 0.1) is 0 Å². The summed E-state index contributed by atoms with van der Waals surface area (Å²) in [5.74, 6) is -7.18. The van der Waals surface area contributed by atoms with Crippen LogP contribution in [-0.4, -0.2) is 144 Å². The molecule has 69 heavy (non-hydrogen) atoms. The molecule has 1 saturated heterocycles. The van der Waals surface area contributed by atoms with Crippen LogP contribution >= 0.6 is 45.2 Å². The molecule has 1 fully saturated rings. The van der Waals surface area contributed by atoms with Crippen LogP contribution in [-0.2, 0) is 70.1 Å². The molecule has 4 amide bonds. The number of esters is 4. The molecule has 7 atom stereocenters. The number of halogens is 2. The van der Waals surface area contributed by atoms with Crippen molar-refractivity contribution in [3.8, 4) is 0 Å². The van der Waals surface area contributed by atoms with Crippen molar-refractivity contribution in [2.24, 2.45) is 17.8 Å². The van der Waals surface area contributed by atoms with Crippen LogP contribution < -0.4 is 0 Å². The summed E-state index contributed by atoms with van der Waals surface area (Å²) in [6.45, 7) is 15.0. The Morgan fingerprint density at radius 3 is 1.38 bits per heavy atom. The Kier molecular flexibility index (Phi) is 23.1. The summed E-state index contributed by atoms with van der Waals surface area (Å²) in [6, 6.07) is 9.34. The Labute approximate surface area is 434 Å². The number of benzene rings is 2. The number of hydrogen-bond donors (Lipinski definition) is 0. The van der Waals surface area contributed by atoms with E-state index in [1.807, 2.05) is 65.8 Å². The summed E-state index contributed by atoms with van der Waals surface area (Å²) in [5, 5.41) is 0. The summed E-state index contributed by atoms with van der Waals surface area (Å²) in [7, 11) is 5.49. The van der Waals surface area contributed by atoms with E-state index in [1.54, 1.807) is 38.1 Å². The number of rotatable bonds is 11. The fraction of sp³-hybridized carbons (Fsp3) is 0.569. The van der Waals surface area contributed by atoms with Gasteiger partial charge in [-0.3, -0.25) is 19.2 Å². The van der Waals surface area contributed by atoms with Gasteiger partial charge in [0.1, 0.15) is 24.2 Å². The normalized spacial score (nSPS) is 23.8. The molecule has 0 saturated carbocycles. The first-order chi connectivity index (χ1) is 32.2. The number of carbonyl (C=O) groups is 8. The van der Waals surface area contributed by atoms with Gasteiger partial charge in [-0.05, 0) is 138 Å². The van der Waals surface area contributed by atoms with Crippen LogP contribution in [0.15, 0.2) is 60.2 Å². The molecular weight excluding hydrogens is 1110 g/mol. The summed E-state index contributed by atoms with van der Waals surface area (Å²) in [4.78, 5) is 119. The first-order valence-corrected chi connectivity index (χ1v) is 25.4. The number of nitrogens with zero attached hydrogens (tertiary/aromatic N) is 4. The molecule has 0 unspecified atom stereocenters. The van der Waals surface area contributed by atoms with E-state index in [4.69, 9.17) is 18.9 Å². The molecule has 0 bridgehead atoms. The zero-order valence-electron chi connectivity index (χ0n) is 42.2. The number of allylic oxidation sites excluding steroid dienone is 1. The predicted molar refractivity (Wildman–Crippen MR) is 276 cm³/mol. The maximum atomic E-state index is 14.7. The zero-order chi connectivity index (χ0) is 52.0. The van der Waals surface area contributed by atoms with Crippen molar-refractivity contribution >= 4 is 92.7 Å². The highest BCUT2D eigenvalue weighted by molar-refractivity contribution is 14.1. The molecule has 0 spiro atoms. The molecular formula is C51H70I2N4O12. The highest BCUT2D eigenvalue weighted by Crippen LogP contribution is 2.24. The van der Waals surface area contributed by atoms with Crippen molar-refractivity contribution < 1.29 is 57.3 Å². The Morgan fingerprint density at radius 1 is 0.580 bits per heavy atom. The Bertz CT molecular complexity index is 2190. The minimum Gasteiger partial charge on any atom is -0.454 e. The highest BCUT2D eigenvalue weighted by Gasteiger charge is 2.42. The molecule has 2 aromatic rings. The molecule has 1 aliphatic heterocycles. The Hall–Kier alpha value is -4.60. The van der Waals surface area contributed by atoms with E-state index in [1.165, 1.54) is 41.2 Å². The maximum absolute atomic E-state index is 14.7. The average molecular weight is 1180 g/mol. The lowest BCUT2D eigenvalue weighted by atomic mass is 10.00. The van der Waals surface area contributed by atoms with Crippen molar-refractivity contribution in [2.75, 3.05) is 34.8 Å². The molecule has 380 valence electrons. The number of hydrogen-bond acceptors (Lipinski definition) is 12. The maximum Gasteiger partial charge on any atom is 0.333 e. The van der Waals surface area contributed by atoms with Gasteiger partial charge in [-0.25, -0.2) is 19.2 Å². The number of likely N-dealkylation sites (N-methyl/N-ethyl adjacent to an activating group) is 4. The summed E-state index contributed by atoms with van der Waals surface area (Å²) in [6.07, 6.45) is -2.84. The van der Waals surface area contributed by atoms with Gasteiger partial charge in [-0.2, -0.15) is 0 Å². The lowest BCUT2D eigenvalue weighted by molar-refractivity contribution is -0.174. The second-order valence-corrected chi connectivity index (χ2v) is 21.7. The minimum atomic E-state index is -1.50. The fourth-order valence-corrected chi connectivity index (χ4v) is 8.98. The van der Waals surface area contributed by atoms with Gasteiger partial charge in [-0.15, -0.1) is 0 Å². The van der Waals surface area contributed by atoms with Crippen molar-refractivity contribution in [2.45, 2.75) is 137 Å². The summed E-state index contributed by atoms with van der Waals surface area (Å²) < 4.78 is 25.3. The molecule has 1 aliphatic rings. The molecule has 0 aliphatic carbocycles. The van der Waals surface area contributed by atoms with Crippen molar-refractivity contribution in [3.05, 3.63) is 78.4 Å². The van der Waals surface area contributed by atoms with Crippen molar-refractivity contribution in [1.29, 1.82) is 0 Å². The van der Waals surface area contributed by atoms with Gasteiger partial charge < -0.3 is 38.5 Å². The lowest BCUT2D eigenvalue weighted by Gasteiger charge is -2.34. The second kappa shape index (κ2) is 27.1. The Balaban J connectivity index is 2.25. The number of cyclic esters (lactones) is 4. The predicted octanol–water partition coefficient (Wildman–Crippen LogP) is 6.41. The largest absolute Gasteiger partial charge is 0.454 e. The van der Waals surface area contributed by atoms with Crippen LogP contribution in [0.4, 0.5) is 0 Å². The standard InChI is InChI=1S/C51H70I2N4O12/c1-29(2)20-38-48(62)66-28-44(58)54(10)39(21-30(3)4)50(64)68-43(27-35-17-15-19-37(53)25-35)47(61)57(13)40(22-31(5)6)49(63)67-33(9)45(59)55(11)41(23-32(7)8)51(65)69-42(46(60)56(38)12)26-34-16-14-18-36(52)24-34/h14-19,21,24-25,29,31-33,38-43H,20,22-23,26-28H2,1-13H3/t33-,38+,39+,40+,41+,42-,43-/m1/s1. The quantitative estimate of drug-likeness (QED) is 0.104. The van der Waals surface area contributed by atoms with E-state index in [9.17, 15) is 38.4 Å². The highest BCUT2D eigenvalue weighted by atomic mass is 127. The molecule has 18 heteroatoms.